The second-order valence-corrected chi connectivity index (χ2v) is 5.70. The molecule has 0 aliphatic heterocycles. The molecule has 0 atom stereocenters. The van der Waals surface area contributed by atoms with Crippen molar-refractivity contribution in [3.05, 3.63) is 102 Å². The van der Waals surface area contributed by atoms with Gasteiger partial charge in [-0.2, -0.15) is 0 Å². The number of carbonyl (C=O) groups is 1. The molecule has 0 bridgehead atoms. The molecule has 3 nitrogen and oxygen atoms in total. The zero-order valence-electron chi connectivity index (χ0n) is 13.5. The predicted octanol–water partition coefficient (Wildman–Crippen LogP) is 4.37. The van der Waals surface area contributed by atoms with Crippen molar-refractivity contribution in [3.63, 3.8) is 0 Å². The van der Waals surface area contributed by atoms with E-state index in [4.69, 9.17) is 4.42 Å². The van der Waals surface area contributed by atoms with Crippen LogP contribution in [0.5, 0.6) is 0 Å². The predicted molar refractivity (Wildman–Crippen MR) is 95.2 cm³/mol. The van der Waals surface area contributed by atoms with Crippen LogP contribution < -0.4 is 5.32 Å². The average Bonchev–Trinajstić information content (AvgIpc) is 3.15. The van der Waals surface area contributed by atoms with Crippen molar-refractivity contribution < 1.29 is 9.21 Å². The quantitative estimate of drug-likeness (QED) is 0.710. The molecule has 3 heteroatoms. The van der Waals surface area contributed by atoms with Crippen LogP contribution in [0.15, 0.2) is 89.6 Å². The van der Waals surface area contributed by atoms with Gasteiger partial charge in [-0.1, -0.05) is 60.7 Å². The Balaban J connectivity index is 1.90. The summed E-state index contributed by atoms with van der Waals surface area (Å²) < 4.78 is 5.22. The summed E-state index contributed by atoms with van der Waals surface area (Å²) in [4.78, 5) is 12.5. The third-order valence-corrected chi connectivity index (χ3v) is 4.02. The van der Waals surface area contributed by atoms with Gasteiger partial charge < -0.3 is 9.73 Å². The lowest BCUT2D eigenvalue weighted by molar-refractivity contribution is -0.117. The fraction of sp³-hybridized carbons (Fsp3) is 0.0952. The van der Waals surface area contributed by atoms with Crippen LogP contribution in [0.3, 0.4) is 0 Å². The number of hydrogen-bond donors (Lipinski definition) is 1. The van der Waals surface area contributed by atoms with E-state index in [9.17, 15) is 4.79 Å². The van der Waals surface area contributed by atoms with E-state index < -0.39 is 5.54 Å². The maximum absolute atomic E-state index is 12.5. The zero-order chi connectivity index (χ0) is 16.8. The Morgan fingerprint density at radius 1 is 0.917 bits per heavy atom. The van der Waals surface area contributed by atoms with Gasteiger partial charge in [-0.15, -0.1) is 0 Å². The molecule has 3 rings (SSSR count). The SMILES string of the molecule is CC(NC(=O)/C=C/c1ccco1)(c1ccccc1)c1ccccc1. The van der Waals surface area contributed by atoms with Gasteiger partial charge in [-0.3, -0.25) is 4.79 Å². The molecule has 0 fully saturated rings. The van der Waals surface area contributed by atoms with Gasteiger partial charge in [-0.25, -0.2) is 0 Å². The van der Waals surface area contributed by atoms with Crippen LogP contribution in [0.25, 0.3) is 6.08 Å². The summed E-state index contributed by atoms with van der Waals surface area (Å²) in [6.45, 7) is 2.01. The topological polar surface area (TPSA) is 42.2 Å². The largest absolute Gasteiger partial charge is 0.465 e. The number of hydrogen-bond acceptors (Lipinski definition) is 2. The number of furan rings is 1. The van der Waals surface area contributed by atoms with E-state index in [1.54, 1.807) is 24.5 Å². The highest BCUT2D eigenvalue weighted by Gasteiger charge is 2.29. The van der Waals surface area contributed by atoms with Crippen molar-refractivity contribution in [1.29, 1.82) is 0 Å². The van der Waals surface area contributed by atoms with Gasteiger partial charge >= 0.3 is 0 Å². The smallest absolute Gasteiger partial charge is 0.245 e. The van der Waals surface area contributed by atoms with Crippen LogP contribution in [-0.2, 0) is 10.3 Å². The van der Waals surface area contributed by atoms with Crippen LogP contribution in [0.4, 0.5) is 0 Å². The molecule has 0 saturated carbocycles. The van der Waals surface area contributed by atoms with Crippen LogP contribution in [0.1, 0.15) is 23.8 Å². The van der Waals surface area contributed by atoms with Gasteiger partial charge in [0, 0.05) is 6.08 Å². The first-order valence-electron chi connectivity index (χ1n) is 7.83. The van der Waals surface area contributed by atoms with Crippen LogP contribution in [0.2, 0.25) is 0 Å². The Hall–Kier alpha value is -3.07. The second kappa shape index (κ2) is 7.01. The summed E-state index contributed by atoms with van der Waals surface area (Å²) in [6, 6.07) is 23.5. The van der Waals surface area contributed by atoms with E-state index in [1.807, 2.05) is 67.6 Å². The standard InChI is InChI=1S/C21H19NO2/c1-21(17-9-4-2-5-10-17,18-11-6-3-7-12-18)22-20(23)15-14-19-13-8-16-24-19/h2-16H,1H3,(H,22,23)/b15-14+. The van der Waals surface area contributed by atoms with Gasteiger partial charge in [0.1, 0.15) is 5.76 Å². The Morgan fingerprint density at radius 2 is 1.50 bits per heavy atom. The molecular weight excluding hydrogens is 298 g/mol. The van der Waals surface area contributed by atoms with E-state index in [2.05, 4.69) is 5.32 Å². The van der Waals surface area contributed by atoms with Gasteiger partial charge in [-0.05, 0) is 36.3 Å². The molecule has 0 saturated heterocycles. The first-order valence-corrected chi connectivity index (χ1v) is 7.83. The summed E-state index contributed by atoms with van der Waals surface area (Å²) in [5.41, 5.74) is 1.43. The maximum Gasteiger partial charge on any atom is 0.245 e. The summed E-state index contributed by atoms with van der Waals surface area (Å²) >= 11 is 0. The van der Waals surface area contributed by atoms with Crippen LogP contribution in [0, 0.1) is 0 Å². The molecule has 1 amide bonds. The monoisotopic (exact) mass is 317 g/mol. The van der Waals surface area contributed by atoms with Gasteiger partial charge in [0.25, 0.3) is 0 Å². The molecule has 0 unspecified atom stereocenters. The number of amides is 1. The normalized spacial score (nSPS) is 11.5. The van der Waals surface area contributed by atoms with E-state index >= 15 is 0 Å². The lowest BCUT2D eigenvalue weighted by Crippen LogP contribution is -2.43. The Labute approximate surface area is 141 Å². The highest BCUT2D eigenvalue weighted by molar-refractivity contribution is 5.92. The molecule has 0 aliphatic carbocycles. The molecule has 120 valence electrons. The molecule has 0 aliphatic rings. The number of carbonyl (C=O) groups excluding carboxylic acids is 1. The number of benzene rings is 2. The first-order chi connectivity index (χ1) is 11.7. The summed E-state index contributed by atoms with van der Waals surface area (Å²) in [6.07, 6.45) is 4.73. The van der Waals surface area contributed by atoms with Crippen LogP contribution >= 0.6 is 0 Å². The maximum atomic E-state index is 12.5. The third-order valence-electron chi connectivity index (χ3n) is 4.02. The van der Waals surface area contributed by atoms with Crippen molar-refractivity contribution in [2.75, 3.05) is 0 Å². The average molecular weight is 317 g/mol. The van der Waals surface area contributed by atoms with E-state index in [-0.39, 0.29) is 5.91 Å². The van der Waals surface area contributed by atoms with E-state index in [1.165, 1.54) is 6.08 Å². The number of nitrogens with one attached hydrogen (secondary N) is 1. The van der Waals surface area contributed by atoms with Gasteiger partial charge in [0.2, 0.25) is 5.91 Å². The number of rotatable bonds is 5. The minimum absolute atomic E-state index is 0.179. The Morgan fingerprint density at radius 3 is 2.00 bits per heavy atom. The molecule has 24 heavy (non-hydrogen) atoms. The molecule has 1 N–H and O–H groups in total. The Bertz CT molecular complexity index is 766. The minimum atomic E-state index is -0.618. The highest BCUT2D eigenvalue weighted by atomic mass is 16.3. The first kappa shape index (κ1) is 15.8. The molecular formula is C21H19NO2. The highest BCUT2D eigenvalue weighted by Crippen LogP contribution is 2.29. The second-order valence-electron chi connectivity index (χ2n) is 5.70. The van der Waals surface area contributed by atoms with Gasteiger partial charge in [0.05, 0.1) is 11.8 Å². The zero-order valence-corrected chi connectivity index (χ0v) is 13.5. The summed E-state index contributed by atoms with van der Waals surface area (Å²) in [5, 5.41) is 3.12. The third kappa shape index (κ3) is 3.46. The molecule has 1 aromatic heterocycles. The minimum Gasteiger partial charge on any atom is -0.465 e. The molecule has 2 aromatic carbocycles. The fourth-order valence-electron chi connectivity index (χ4n) is 2.69. The van der Waals surface area contributed by atoms with Gasteiger partial charge in [0.15, 0.2) is 0 Å². The van der Waals surface area contributed by atoms with E-state index in [0.717, 1.165) is 11.1 Å². The van der Waals surface area contributed by atoms with E-state index in [0.29, 0.717) is 5.76 Å². The lowest BCUT2D eigenvalue weighted by atomic mass is 9.84. The molecule has 3 aromatic rings. The fourth-order valence-corrected chi connectivity index (χ4v) is 2.69. The van der Waals surface area contributed by atoms with Crippen LogP contribution in [-0.4, -0.2) is 5.91 Å². The Kier molecular flexibility index (Phi) is 4.62. The molecule has 0 spiro atoms. The summed E-state index contributed by atoms with van der Waals surface area (Å²) in [5.74, 6) is 0.466. The van der Waals surface area contributed by atoms with Crippen molar-refractivity contribution >= 4 is 12.0 Å². The molecule has 0 radical (unpaired) electrons. The summed E-state index contributed by atoms with van der Waals surface area (Å²) in [7, 11) is 0. The van der Waals surface area contributed by atoms with Crippen molar-refractivity contribution in [2.45, 2.75) is 12.5 Å². The van der Waals surface area contributed by atoms with Crippen molar-refractivity contribution in [3.8, 4) is 0 Å². The lowest BCUT2D eigenvalue weighted by Gasteiger charge is -2.31. The molecule has 1 heterocycles. The van der Waals surface area contributed by atoms with Crippen molar-refractivity contribution in [2.24, 2.45) is 0 Å². The van der Waals surface area contributed by atoms with Crippen molar-refractivity contribution in [1.82, 2.24) is 5.32 Å².